The van der Waals surface area contributed by atoms with E-state index >= 15 is 0 Å². The van der Waals surface area contributed by atoms with Gasteiger partial charge in [-0.3, -0.25) is 14.3 Å². The second-order valence-electron chi connectivity index (χ2n) is 4.59. The zero-order valence-electron chi connectivity index (χ0n) is 10.8. The van der Waals surface area contributed by atoms with Crippen molar-refractivity contribution >= 4 is 0 Å². The fraction of sp³-hybridized carbons (Fsp3) is 0.417. The van der Waals surface area contributed by atoms with Crippen molar-refractivity contribution < 1.29 is 19.1 Å². The number of aliphatic hydroxyl groups is 1. The van der Waals surface area contributed by atoms with Crippen molar-refractivity contribution in [1.82, 2.24) is 14.7 Å². The fourth-order valence-electron chi connectivity index (χ4n) is 2.13. The van der Waals surface area contributed by atoms with Gasteiger partial charge < -0.3 is 19.1 Å². The van der Waals surface area contributed by atoms with Gasteiger partial charge in [0.1, 0.15) is 18.9 Å². The van der Waals surface area contributed by atoms with Crippen LogP contribution in [0.3, 0.4) is 0 Å². The van der Waals surface area contributed by atoms with Crippen molar-refractivity contribution in [2.75, 3.05) is 6.61 Å². The maximum Gasteiger partial charge on any atom is 0.330 e. The van der Waals surface area contributed by atoms with E-state index in [-0.39, 0.29) is 19.0 Å². The summed E-state index contributed by atoms with van der Waals surface area (Å²) in [5.74, 6) is 0.218. The summed E-state index contributed by atoms with van der Waals surface area (Å²) in [5.41, 5.74) is -1.07. The highest BCUT2D eigenvalue weighted by Gasteiger charge is 2.36. The number of nitrogens with one attached hydrogen (secondary N) is 1. The van der Waals surface area contributed by atoms with Crippen LogP contribution < -0.4 is 16.0 Å². The number of nitrogens with zero attached hydrogens (tertiary/aromatic N) is 2. The number of rotatable bonds is 4. The predicted molar refractivity (Wildman–Crippen MR) is 67.9 cm³/mol. The molecule has 3 rings (SSSR count). The Kier molecular flexibility index (Phi) is 3.59. The molecule has 0 bridgehead atoms. The Labute approximate surface area is 117 Å². The van der Waals surface area contributed by atoms with Crippen molar-refractivity contribution in [2.24, 2.45) is 0 Å². The number of aromatic amines is 1. The molecule has 1 fully saturated rings. The average molecular weight is 295 g/mol. The van der Waals surface area contributed by atoms with Gasteiger partial charge >= 0.3 is 11.6 Å². The maximum absolute atomic E-state index is 11.7. The molecule has 2 aromatic heterocycles. The first-order chi connectivity index (χ1) is 10.1. The van der Waals surface area contributed by atoms with E-state index in [2.05, 4.69) is 10.1 Å². The molecule has 3 heterocycles. The lowest BCUT2D eigenvalue weighted by Crippen LogP contribution is -2.32. The molecule has 0 spiro atoms. The van der Waals surface area contributed by atoms with Gasteiger partial charge in [-0.25, -0.2) is 4.79 Å². The summed E-state index contributed by atoms with van der Waals surface area (Å²) in [6.07, 6.45) is 0.918. The number of aliphatic hydroxyl groups excluding tert-OH is 1. The predicted octanol–water partition coefficient (Wildman–Crippen LogP) is -0.748. The minimum absolute atomic E-state index is 0.0605. The molecule has 0 unspecified atom stereocenters. The maximum atomic E-state index is 11.7. The Morgan fingerprint density at radius 3 is 3.05 bits per heavy atom. The highest BCUT2D eigenvalue weighted by molar-refractivity contribution is 4.99. The molecule has 1 aliphatic heterocycles. The second-order valence-corrected chi connectivity index (χ2v) is 4.59. The van der Waals surface area contributed by atoms with E-state index in [0.717, 1.165) is 0 Å². The van der Waals surface area contributed by atoms with E-state index in [1.165, 1.54) is 29.1 Å². The first-order valence-corrected chi connectivity index (χ1v) is 6.32. The van der Waals surface area contributed by atoms with E-state index < -0.39 is 29.7 Å². The zero-order valence-corrected chi connectivity index (χ0v) is 10.8. The van der Waals surface area contributed by atoms with Gasteiger partial charge in [-0.1, -0.05) is 5.16 Å². The van der Waals surface area contributed by atoms with Crippen LogP contribution >= 0.6 is 0 Å². The molecule has 0 radical (unpaired) electrons. The van der Waals surface area contributed by atoms with Gasteiger partial charge in [0.2, 0.25) is 0 Å². The van der Waals surface area contributed by atoms with Crippen molar-refractivity contribution in [2.45, 2.75) is 24.9 Å². The van der Waals surface area contributed by atoms with Crippen LogP contribution in [0.4, 0.5) is 0 Å². The lowest BCUT2D eigenvalue weighted by molar-refractivity contribution is -0.0449. The van der Waals surface area contributed by atoms with Crippen LogP contribution in [0.25, 0.3) is 0 Å². The van der Waals surface area contributed by atoms with Crippen LogP contribution in [0.2, 0.25) is 0 Å². The van der Waals surface area contributed by atoms with Crippen LogP contribution in [-0.4, -0.2) is 38.6 Å². The molecule has 3 atom stereocenters. The van der Waals surface area contributed by atoms with Gasteiger partial charge in [-0.2, -0.15) is 0 Å². The molecule has 0 amide bonds. The number of hydrogen-bond acceptors (Lipinski definition) is 7. The molecular formula is C12H13N3O6. The van der Waals surface area contributed by atoms with Crippen molar-refractivity contribution in [1.29, 1.82) is 0 Å². The van der Waals surface area contributed by atoms with Gasteiger partial charge in [-0.15, -0.1) is 0 Å². The van der Waals surface area contributed by atoms with Crippen LogP contribution in [0.15, 0.2) is 38.6 Å². The van der Waals surface area contributed by atoms with Crippen LogP contribution in [-0.2, 0) is 4.74 Å². The topological polar surface area (TPSA) is 120 Å². The summed E-state index contributed by atoms with van der Waals surface area (Å²) in [6, 6.07) is 2.75. The van der Waals surface area contributed by atoms with Crippen LogP contribution in [0.1, 0.15) is 12.6 Å². The molecule has 112 valence electrons. The Morgan fingerprint density at radius 1 is 1.48 bits per heavy atom. The highest BCUT2D eigenvalue weighted by Crippen LogP contribution is 2.27. The largest absolute Gasteiger partial charge is 0.461 e. The minimum atomic E-state index is -0.795. The van der Waals surface area contributed by atoms with Crippen molar-refractivity contribution in [3.8, 4) is 5.95 Å². The monoisotopic (exact) mass is 295 g/mol. The summed E-state index contributed by atoms with van der Waals surface area (Å²) in [6.45, 7) is 0.0605. The van der Waals surface area contributed by atoms with Crippen LogP contribution in [0, 0.1) is 0 Å². The molecule has 0 aliphatic carbocycles. The summed E-state index contributed by atoms with van der Waals surface area (Å²) >= 11 is 0. The molecule has 2 aromatic rings. The Balaban J connectivity index is 1.67. The third kappa shape index (κ3) is 2.88. The van der Waals surface area contributed by atoms with Gasteiger partial charge in [-0.05, 0) is 0 Å². The summed E-state index contributed by atoms with van der Waals surface area (Å²) in [7, 11) is 0. The number of H-pyrrole nitrogens is 1. The standard InChI is InChI=1S/C12H13N3O6/c16-7-5-10(15-4-2-9(17)14-12(15)18)20-8(7)6-19-11-1-3-13-21-11/h1-4,7-8,10,16H,5-6H2,(H,14,17,18)/t7-,8+,10+/m0/s1. The normalized spacial score (nSPS) is 25.1. The first-order valence-electron chi connectivity index (χ1n) is 6.32. The molecule has 1 saturated heterocycles. The Bertz CT molecular complexity index is 706. The minimum Gasteiger partial charge on any atom is -0.461 e. The first kappa shape index (κ1) is 13.6. The molecule has 0 saturated carbocycles. The van der Waals surface area contributed by atoms with Crippen molar-refractivity contribution in [3.63, 3.8) is 0 Å². The number of hydrogen-bond donors (Lipinski definition) is 2. The lowest BCUT2D eigenvalue weighted by atomic mass is 10.2. The third-order valence-corrected chi connectivity index (χ3v) is 3.17. The highest BCUT2D eigenvalue weighted by atomic mass is 16.6. The van der Waals surface area contributed by atoms with Gasteiger partial charge in [0.05, 0.1) is 12.3 Å². The van der Waals surface area contributed by atoms with Gasteiger partial charge in [0, 0.05) is 24.8 Å². The molecule has 9 heteroatoms. The molecule has 9 nitrogen and oxygen atoms in total. The molecule has 1 aliphatic rings. The molecule has 2 N–H and O–H groups in total. The lowest BCUT2D eigenvalue weighted by Gasteiger charge is -2.15. The molecular weight excluding hydrogens is 282 g/mol. The summed E-state index contributed by atoms with van der Waals surface area (Å²) in [4.78, 5) is 24.8. The van der Waals surface area contributed by atoms with E-state index in [1.54, 1.807) is 0 Å². The van der Waals surface area contributed by atoms with Gasteiger partial charge in [0.15, 0.2) is 0 Å². The average Bonchev–Trinajstić information content (AvgIpc) is 3.06. The molecule has 0 aromatic carbocycles. The number of ether oxygens (including phenoxy) is 2. The quantitative estimate of drug-likeness (QED) is 0.761. The van der Waals surface area contributed by atoms with Gasteiger partial charge in [0.25, 0.3) is 5.56 Å². The Hall–Kier alpha value is -2.39. The Morgan fingerprint density at radius 2 is 2.33 bits per heavy atom. The summed E-state index contributed by atoms with van der Waals surface area (Å²) in [5, 5.41) is 13.4. The fourth-order valence-corrected chi connectivity index (χ4v) is 2.13. The smallest absolute Gasteiger partial charge is 0.330 e. The van der Waals surface area contributed by atoms with E-state index in [9.17, 15) is 14.7 Å². The SMILES string of the molecule is O=c1ccn([C@H]2C[C@H](O)[C@@H](COc3ccno3)O2)c(=O)[nH]1. The molecule has 21 heavy (non-hydrogen) atoms. The number of aromatic nitrogens is 3. The van der Waals surface area contributed by atoms with Crippen molar-refractivity contribution in [3.05, 3.63) is 45.4 Å². The third-order valence-electron chi connectivity index (χ3n) is 3.17. The van der Waals surface area contributed by atoms with E-state index in [1.807, 2.05) is 0 Å². The zero-order chi connectivity index (χ0) is 14.8. The van der Waals surface area contributed by atoms with E-state index in [4.69, 9.17) is 14.0 Å². The van der Waals surface area contributed by atoms with E-state index in [0.29, 0.717) is 0 Å². The second kappa shape index (κ2) is 5.54. The summed E-state index contributed by atoms with van der Waals surface area (Å²) < 4.78 is 16.8. The van der Waals surface area contributed by atoms with Crippen LogP contribution in [0.5, 0.6) is 5.95 Å².